The Morgan fingerprint density at radius 3 is 2.27 bits per heavy atom. The first-order chi connectivity index (χ1) is 12.5. The summed E-state index contributed by atoms with van der Waals surface area (Å²) in [7, 11) is -3.59. The van der Waals surface area contributed by atoms with Gasteiger partial charge in [-0.15, -0.1) is 0 Å². The minimum Gasteiger partial charge on any atom is -0.335 e. The molecule has 3 rings (SSSR count). The van der Waals surface area contributed by atoms with Crippen LogP contribution in [0.2, 0.25) is 0 Å². The molecule has 2 aromatic rings. The molecular weight excluding hydrogens is 346 g/mol. The molecular formula is C21H23NO3S. The van der Waals surface area contributed by atoms with Crippen LogP contribution in [0.3, 0.4) is 0 Å². The number of hydrogen-bond acceptors (Lipinski definition) is 3. The second-order valence-electron chi connectivity index (χ2n) is 6.45. The first-order valence-corrected chi connectivity index (χ1v) is 10.4. The average molecular weight is 369 g/mol. The van der Waals surface area contributed by atoms with E-state index in [-0.39, 0.29) is 17.2 Å². The molecule has 1 aliphatic rings. The van der Waals surface area contributed by atoms with E-state index in [9.17, 15) is 13.2 Å². The van der Waals surface area contributed by atoms with Gasteiger partial charge in [-0.05, 0) is 24.1 Å². The van der Waals surface area contributed by atoms with Crippen molar-refractivity contribution in [1.82, 2.24) is 4.90 Å². The summed E-state index contributed by atoms with van der Waals surface area (Å²) in [4.78, 5) is 14.5. The molecule has 0 radical (unpaired) electrons. The molecule has 1 aliphatic heterocycles. The predicted octanol–water partition coefficient (Wildman–Crippen LogP) is 3.55. The Kier molecular flexibility index (Phi) is 5.57. The molecule has 0 aromatic heterocycles. The van der Waals surface area contributed by atoms with E-state index >= 15 is 0 Å². The minimum atomic E-state index is -3.59. The highest BCUT2D eigenvalue weighted by molar-refractivity contribution is 7.92. The van der Waals surface area contributed by atoms with E-state index in [2.05, 4.69) is 0 Å². The van der Waals surface area contributed by atoms with E-state index in [1.54, 1.807) is 35.2 Å². The fourth-order valence-corrected chi connectivity index (χ4v) is 5.22. The number of amides is 1. The average Bonchev–Trinajstić information content (AvgIpc) is 2.98. The maximum Gasteiger partial charge on any atom is 0.224 e. The summed E-state index contributed by atoms with van der Waals surface area (Å²) < 4.78 is 26.3. The van der Waals surface area contributed by atoms with Gasteiger partial charge in [0.05, 0.1) is 16.2 Å². The number of rotatable bonds is 6. The van der Waals surface area contributed by atoms with Gasteiger partial charge in [0, 0.05) is 13.0 Å². The molecule has 1 heterocycles. The van der Waals surface area contributed by atoms with E-state index in [1.807, 2.05) is 49.4 Å². The fourth-order valence-electron chi connectivity index (χ4n) is 3.37. The van der Waals surface area contributed by atoms with Crippen molar-refractivity contribution < 1.29 is 13.2 Å². The highest BCUT2D eigenvalue weighted by atomic mass is 32.2. The quantitative estimate of drug-likeness (QED) is 0.782. The van der Waals surface area contributed by atoms with Crippen LogP contribution in [0.5, 0.6) is 0 Å². The molecule has 2 aromatic carbocycles. The van der Waals surface area contributed by atoms with E-state index in [4.69, 9.17) is 0 Å². The molecule has 1 amide bonds. The highest BCUT2D eigenvalue weighted by Crippen LogP contribution is 2.31. The van der Waals surface area contributed by atoms with Crippen molar-refractivity contribution in [2.45, 2.75) is 36.0 Å². The van der Waals surface area contributed by atoms with E-state index in [0.29, 0.717) is 6.54 Å². The molecule has 4 nitrogen and oxygen atoms in total. The molecule has 0 unspecified atom stereocenters. The van der Waals surface area contributed by atoms with Crippen molar-refractivity contribution >= 4 is 21.8 Å². The number of hydrogen-bond donors (Lipinski definition) is 0. The number of carbonyl (C=O) groups is 1. The normalized spacial score (nSPS) is 20.8. The molecule has 0 aliphatic carbocycles. The number of nitrogens with zero attached hydrogens (tertiary/aromatic N) is 1. The Morgan fingerprint density at radius 2 is 1.65 bits per heavy atom. The lowest BCUT2D eigenvalue weighted by Gasteiger charge is -2.25. The Morgan fingerprint density at radius 1 is 1.04 bits per heavy atom. The van der Waals surface area contributed by atoms with Crippen LogP contribution in [0, 0.1) is 0 Å². The van der Waals surface area contributed by atoms with Crippen LogP contribution in [0.4, 0.5) is 0 Å². The third kappa shape index (κ3) is 3.73. The van der Waals surface area contributed by atoms with Gasteiger partial charge >= 0.3 is 0 Å². The molecule has 2 atom stereocenters. The SMILES string of the molecule is CCCN1C(=O)C[C@H](S(=O)(=O)c2ccccc2)[C@H]1/C=C/c1ccccc1. The Labute approximate surface area is 155 Å². The van der Waals surface area contributed by atoms with Crippen LogP contribution in [0.1, 0.15) is 25.3 Å². The predicted molar refractivity (Wildman–Crippen MR) is 103 cm³/mol. The lowest BCUT2D eigenvalue weighted by Crippen LogP contribution is -2.39. The number of sulfone groups is 1. The summed E-state index contributed by atoms with van der Waals surface area (Å²) >= 11 is 0. The molecule has 5 heteroatoms. The second-order valence-corrected chi connectivity index (χ2v) is 8.62. The van der Waals surface area contributed by atoms with Gasteiger partial charge < -0.3 is 4.90 Å². The summed E-state index contributed by atoms with van der Waals surface area (Å²) in [6, 6.07) is 17.7. The van der Waals surface area contributed by atoms with Crippen LogP contribution in [0.25, 0.3) is 6.08 Å². The molecule has 136 valence electrons. The van der Waals surface area contributed by atoms with Crippen molar-refractivity contribution in [3.63, 3.8) is 0 Å². The summed E-state index contributed by atoms with van der Waals surface area (Å²) in [6.45, 7) is 2.55. The fraction of sp³-hybridized carbons (Fsp3) is 0.286. The number of benzene rings is 2. The van der Waals surface area contributed by atoms with Gasteiger partial charge in [-0.3, -0.25) is 4.79 Å². The zero-order valence-electron chi connectivity index (χ0n) is 14.8. The van der Waals surface area contributed by atoms with Crippen molar-refractivity contribution in [3.05, 3.63) is 72.3 Å². The summed E-state index contributed by atoms with van der Waals surface area (Å²) in [5, 5.41) is -0.760. The van der Waals surface area contributed by atoms with Gasteiger partial charge in [-0.2, -0.15) is 0 Å². The second kappa shape index (κ2) is 7.87. The van der Waals surface area contributed by atoms with Gasteiger partial charge in [0.15, 0.2) is 9.84 Å². The zero-order valence-corrected chi connectivity index (χ0v) is 15.6. The molecule has 1 saturated heterocycles. The van der Waals surface area contributed by atoms with Crippen molar-refractivity contribution in [1.29, 1.82) is 0 Å². The van der Waals surface area contributed by atoms with Gasteiger partial charge in [0.1, 0.15) is 0 Å². The molecule has 26 heavy (non-hydrogen) atoms. The first-order valence-electron chi connectivity index (χ1n) is 8.85. The zero-order chi connectivity index (χ0) is 18.6. The van der Waals surface area contributed by atoms with Gasteiger partial charge in [0.25, 0.3) is 0 Å². The van der Waals surface area contributed by atoms with Crippen molar-refractivity contribution in [2.24, 2.45) is 0 Å². The first kappa shape index (κ1) is 18.4. The van der Waals surface area contributed by atoms with Crippen LogP contribution in [0.15, 0.2) is 71.6 Å². The van der Waals surface area contributed by atoms with Crippen LogP contribution >= 0.6 is 0 Å². The van der Waals surface area contributed by atoms with Crippen LogP contribution < -0.4 is 0 Å². The summed E-state index contributed by atoms with van der Waals surface area (Å²) in [5.41, 5.74) is 0.985. The molecule has 0 bridgehead atoms. The third-order valence-corrected chi connectivity index (χ3v) is 6.83. The Hall–Kier alpha value is -2.40. The van der Waals surface area contributed by atoms with Crippen LogP contribution in [-0.4, -0.2) is 37.1 Å². The molecule has 0 N–H and O–H groups in total. The number of carbonyl (C=O) groups excluding carboxylic acids is 1. The van der Waals surface area contributed by atoms with E-state index in [1.165, 1.54) is 0 Å². The number of likely N-dealkylation sites (tertiary alicyclic amines) is 1. The van der Waals surface area contributed by atoms with Gasteiger partial charge in [0.2, 0.25) is 5.91 Å². The third-order valence-electron chi connectivity index (χ3n) is 4.66. The lowest BCUT2D eigenvalue weighted by atomic mass is 10.1. The van der Waals surface area contributed by atoms with Crippen LogP contribution in [-0.2, 0) is 14.6 Å². The monoisotopic (exact) mass is 369 g/mol. The van der Waals surface area contributed by atoms with E-state index < -0.39 is 21.1 Å². The van der Waals surface area contributed by atoms with E-state index in [0.717, 1.165) is 12.0 Å². The Bertz CT molecular complexity index is 876. The molecule has 1 fully saturated rings. The minimum absolute atomic E-state index is 0.0288. The summed E-state index contributed by atoms with van der Waals surface area (Å²) in [5.74, 6) is -0.0981. The lowest BCUT2D eigenvalue weighted by molar-refractivity contribution is -0.128. The van der Waals surface area contributed by atoms with Gasteiger partial charge in [-0.1, -0.05) is 67.6 Å². The molecule has 0 saturated carbocycles. The standard InChI is InChI=1S/C21H23NO3S/c1-2-15-22-19(14-13-17-9-5-3-6-10-17)20(16-21(22)23)26(24,25)18-11-7-4-8-12-18/h3-14,19-20H,2,15-16H2,1H3/b14-13+/t19-,20+/m1/s1. The highest BCUT2D eigenvalue weighted by Gasteiger charge is 2.45. The Balaban J connectivity index is 1.97. The van der Waals surface area contributed by atoms with Crippen molar-refractivity contribution in [3.8, 4) is 0 Å². The smallest absolute Gasteiger partial charge is 0.224 e. The van der Waals surface area contributed by atoms with Gasteiger partial charge in [-0.25, -0.2) is 8.42 Å². The summed E-state index contributed by atoms with van der Waals surface area (Å²) in [6.07, 6.45) is 4.58. The topological polar surface area (TPSA) is 54.5 Å². The molecule has 0 spiro atoms. The largest absolute Gasteiger partial charge is 0.335 e. The van der Waals surface area contributed by atoms with Crippen molar-refractivity contribution in [2.75, 3.05) is 6.54 Å². The maximum absolute atomic E-state index is 13.1. The maximum atomic E-state index is 13.1.